The number of nitrogens with one attached hydrogen (secondary N) is 1. The lowest BCUT2D eigenvalue weighted by molar-refractivity contribution is -0.122. The molecule has 4 heteroatoms. The van der Waals surface area contributed by atoms with Gasteiger partial charge < -0.3 is 5.32 Å². The molecule has 118 valence electrons. The van der Waals surface area contributed by atoms with Crippen molar-refractivity contribution < 1.29 is 9.59 Å². The van der Waals surface area contributed by atoms with E-state index in [4.69, 9.17) is 0 Å². The van der Waals surface area contributed by atoms with E-state index in [-0.39, 0.29) is 17.4 Å². The van der Waals surface area contributed by atoms with Gasteiger partial charge in [-0.05, 0) is 29.0 Å². The van der Waals surface area contributed by atoms with Crippen molar-refractivity contribution in [1.29, 1.82) is 0 Å². The van der Waals surface area contributed by atoms with E-state index in [1.807, 2.05) is 19.1 Å². The fraction of sp³-hybridized carbons (Fsp3) is 0.444. The van der Waals surface area contributed by atoms with Gasteiger partial charge >= 0.3 is 6.03 Å². The summed E-state index contributed by atoms with van der Waals surface area (Å²) in [5.74, 6) is -0.238. The SMILES string of the molecule is CCCCN1C(=O)NC(=Cc2ccc(C(C)(C)C)cc2)C1=O. The van der Waals surface area contributed by atoms with Crippen LogP contribution in [0.25, 0.3) is 6.08 Å². The molecule has 0 unspecified atom stereocenters. The quantitative estimate of drug-likeness (QED) is 0.681. The van der Waals surface area contributed by atoms with Gasteiger partial charge in [-0.25, -0.2) is 4.79 Å². The Morgan fingerprint density at radius 2 is 1.77 bits per heavy atom. The Bertz CT molecular complexity index is 595. The molecule has 3 amide bonds. The number of hydrogen-bond acceptors (Lipinski definition) is 2. The summed E-state index contributed by atoms with van der Waals surface area (Å²) < 4.78 is 0. The molecule has 0 saturated carbocycles. The molecule has 0 spiro atoms. The summed E-state index contributed by atoms with van der Waals surface area (Å²) >= 11 is 0. The van der Waals surface area contributed by atoms with E-state index in [0.717, 1.165) is 18.4 Å². The standard InChI is InChI=1S/C18H24N2O2/c1-5-6-11-20-16(21)15(19-17(20)22)12-13-7-9-14(10-8-13)18(2,3)4/h7-10,12H,5-6,11H2,1-4H3,(H,19,22). The molecule has 1 saturated heterocycles. The van der Waals surface area contributed by atoms with Crippen LogP contribution in [0.5, 0.6) is 0 Å². The predicted molar refractivity (Wildman–Crippen MR) is 88.3 cm³/mol. The maximum Gasteiger partial charge on any atom is 0.329 e. The first-order valence-corrected chi connectivity index (χ1v) is 7.78. The second-order valence-electron chi connectivity index (χ2n) is 6.67. The van der Waals surface area contributed by atoms with Crippen molar-refractivity contribution in [3.63, 3.8) is 0 Å². The minimum atomic E-state index is -0.323. The van der Waals surface area contributed by atoms with Crippen LogP contribution >= 0.6 is 0 Å². The zero-order valence-corrected chi connectivity index (χ0v) is 13.8. The molecule has 0 aromatic heterocycles. The highest BCUT2D eigenvalue weighted by Gasteiger charge is 2.32. The Morgan fingerprint density at radius 3 is 2.32 bits per heavy atom. The molecule has 1 heterocycles. The Balaban J connectivity index is 2.16. The van der Waals surface area contributed by atoms with Gasteiger partial charge in [0.1, 0.15) is 5.70 Å². The monoisotopic (exact) mass is 300 g/mol. The third-order valence-corrected chi connectivity index (χ3v) is 3.79. The van der Waals surface area contributed by atoms with Crippen molar-refractivity contribution in [3.05, 3.63) is 41.1 Å². The summed E-state index contributed by atoms with van der Waals surface area (Å²) in [4.78, 5) is 25.3. The van der Waals surface area contributed by atoms with Crippen LogP contribution < -0.4 is 5.32 Å². The number of amides is 3. The van der Waals surface area contributed by atoms with Gasteiger partial charge in [0.25, 0.3) is 5.91 Å². The lowest BCUT2D eigenvalue weighted by Crippen LogP contribution is -2.31. The van der Waals surface area contributed by atoms with Gasteiger partial charge in [0, 0.05) is 6.54 Å². The minimum Gasteiger partial charge on any atom is -0.303 e. The molecule has 1 aromatic rings. The summed E-state index contributed by atoms with van der Waals surface area (Å²) in [7, 11) is 0. The Hall–Kier alpha value is -2.10. The smallest absolute Gasteiger partial charge is 0.303 e. The predicted octanol–water partition coefficient (Wildman–Crippen LogP) is 3.68. The topological polar surface area (TPSA) is 49.4 Å². The Morgan fingerprint density at radius 1 is 1.14 bits per heavy atom. The first-order valence-electron chi connectivity index (χ1n) is 7.78. The molecule has 1 fully saturated rings. The van der Waals surface area contributed by atoms with Crippen LogP contribution in [0.4, 0.5) is 4.79 Å². The number of rotatable bonds is 4. The van der Waals surface area contributed by atoms with Crippen LogP contribution in [-0.4, -0.2) is 23.4 Å². The van der Waals surface area contributed by atoms with E-state index < -0.39 is 0 Å². The van der Waals surface area contributed by atoms with Gasteiger partial charge in [-0.2, -0.15) is 0 Å². The van der Waals surface area contributed by atoms with Crippen LogP contribution in [0, 0.1) is 0 Å². The summed E-state index contributed by atoms with van der Waals surface area (Å²) in [6.45, 7) is 8.99. The van der Waals surface area contributed by atoms with Gasteiger partial charge in [-0.15, -0.1) is 0 Å². The number of imide groups is 1. The van der Waals surface area contributed by atoms with Crippen molar-refractivity contribution in [1.82, 2.24) is 10.2 Å². The molecular weight excluding hydrogens is 276 g/mol. The van der Waals surface area contributed by atoms with Crippen LogP contribution in [0.3, 0.4) is 0 Å². The second-order valence-corrected chi connectivity index (χ2v) is 6.67. The van der Waals surface area contributed by atoms with Crippen LogP contribution in [-0.2, 0) is 10.2 Å². The van der Waals surface area contributed by atoms with Crippen molar-refractivity contribution in [3.8, 4) is 0 Å². The molecule has 4 nitrogen and oxygen atoms in total. The molecule has 1 aromatic carbocycles. The zero-order valence-electron chi connectivity index (χ0n) is 13.8. The van der Waals surface area contributed by atoms with Crippen molar-refractivity contribution in [2.75, 3.05) is 6.54 Å². The highest BCUT2D eigenvalue weighted by Crippen LogP contribution is 2.23. The summed E-state index contributed by atoms with van der Waals surface area (Å²) in [5, 5.41) is 2.65. The molecule has 22 heavy (non-hydrogen) atoms. The third-order valence-electron chi connectivity index (χ3n) is 3.79. The molecular formula is C18H24N2O2. The van der Waals surface area contributed by atoms with Gasteiger partial charge in [0.2, 0.25) is 0 Å². The highest BCUT2D eigenvalue weighted by atomic mass is 16.2. The molecule has 0 aliphatic carbocycles. The average molecular weight is 300 g/mol. The lowest BCUT2D eigenvalue weighted by Gasteiger charge is -2.18. The average Bonchev–Trinajstić information content (AvgIpc) is 2.71. The largest absolute Gasteiger partial charge is 0.329 e. The number of urea groups is 1. The molecule has 1 N–H and O–H groups in total. The van der Waals surface area contributed by atoms with Gasteiger partial charge in [-0.1, -0.05) is 58.4 Å². The van der Waals surface area contributed by atoms with Crippen LogP contribution in [0.2, 0.25) is 0 Å². The zero-order chi connectivity index (χ0) is 16.3. The molecule has 0 radical (unpaired) electrons. The second kappa shape index (κ2) is 6.34. The molecule has 1 aliphatic heterocycles. The van der Waals surface area contributed by atoms with Crippen LogP contribution in [0.1, 0.15) is 51.7 Å². The first kappa shape index (κ1) is 16.3. The fourth-order valence-electron chi connectivity index (χ4n) is 2.34. The Kier molecular flexibility index (Phi) is 4.69. The number of nitrogens with zero attached hydrogens (tertiary/aromatic N) is 1. The lowest BCUT2D eigenvalue weighted by atomic mass is 9.87. The summed E-state index contributed by atoms with van der Waals surface area (Å²) in [6, 6.07) is 7.74. The van der Waals surface area contributed by atoms with E-state index in [1.165, 1.54) is 10.5 Å². The molecule has 2 rings (SSSR count). The number of carbonyl (C=O) groups excluding carboxylic acids is 2. The number of carbonyl (C=O) groups is 2. The number of hydrogen-bond donors (Lipinski definition) is 1. The first-order chi connectivity index (χ1) is 10.3. The van der Waals surface area contributed by atoms with E-state index in [1.54, 1.807) is 6.08 Å². The highest BCUT2D eigenvalue weighted by molar-refractivity contribution is 6.13. The number of unbranched alkanes of at least 4 members (excludes halogenated alkanes) is 1. The molecule has 0 bridgehead atoms. The van der Waals surface area contributed by atoms with Crippen molar-refractivity contribution in [2.45, 2.75) is 46.0 Å². The van der Waals surface area contributed by atoms with Crippen LogP contribution in [0.15, 0.2) is 30.0 Å². The van der Waals surface area contributed by atoms with Gasteiger partial charge in [0.05, 0.1) is 0 Å². The maximum atomic E-state index is 12.2. The fourth-order valence-corrected chi connectivity index (χ4v) is 2.34. The van der Waals surface area contributed by atoms with E-state index in [2.05, 4.69) is 38.2 Å². The van der Waals surface area contributed by atoms with E-state index in [9.17, 15) is 9.59 Å². The van der Waals surface area contributed by atoms with Crippen molar-refractivity contribution >= 4 is 18.0 Å². The molecule has 1 aliphatic rings. The molecule has 0 atom stereocenters. The normalized spacial score (nSPS) is 17.3. The third kappa shape index (κ3) is 3.56. The Labute approximate surface area is 132 Å². The van der Waals surface area contributed by atoms with Gasteiger partial charge in [0.15, 0.2) is 0 Å². The maximum absolute atomic E-state index is 12.2. The van der Waals surface area contributed by atoms with Crippen molar-refractivity contribution in [2.24, 2.45) is 0 Å². The summed E-state index contributed by atoms with van der Waals surface area (Å²) in [5.41, 5.74) is 2.60. The van der Waals surface area contributed by atoms with Gasteiger partial charge in [-0.3, -0.25) is 9.69 Å². The van der Waals surface area contributed by atoms with E-state index >= 15 is 0 Å². The minimum absolute atomic E-state index is 0.0972. The summed E-state index contributed by atoms with van der Waals surface area (Å²) in [6.07, 6.45) is 3.51. The van der Waals surface area contributed by atoms with E-state index in [0.29, 0.717) is 12.2 Å². The number of benzene rings is 1.